The van der Waals surface area contributed by atoms with Gasteiger partial charge >= 0.3 is 0 Å². The van der Waals surface area contributed by atoms with E-state index in [1.807, 2.05) is 6.92 Å². The Kier molecular flexibility index (Phi) is 3.95. The molecule has 0 aliphatic heterocycles. The van der Waals surface area contributed by atoms with Crippen molar-refractivity contribution in [2.75, 3.05) is 11.1 Å². The van der Waals surface area contributed by atoms with Crippen LogP contribution in [0.2, 0.25) is 0 Å². The molecule has 0 amide bonds. The Balaban J connectivity index is 2.30. The van der Waals surface area contributed by atoms with E-state index in [1.54, 1.807) is 12.1 Å². The molecule has 1 heterocycles. The van der Waals surface area contributed by atoms with E-state index < -0.39 is 0 Å². The van der Waals surface area contributed by atoms with Crippen LogP contribution in [0.15, 0.2) is 24.3 Å². The van der Waals surface area contributed by atoms with Crippen molar-refractivity contribution >= 4 is 39.9 Å². The summed E-state index contributed by atoms with van der Waals surface area (Å²) < 4.78 is 13.8. The number of nitrogens with zero attached hydrogens (tertiary/aromatic N) is 2. The van der Waals surface area contributed by atoms with E-state index in [1.165, 1.54) is 12.1 Å². The van der Waals surface area contributed by atoms with Gasteiger partial charge in [-0.2, -0.15) is 0 Å². The maximum absolute atomic E-state index is 13.0. The molecule has 6 heteroatoms. The molecule has 0 unspecified atom stereocenters. The average molecular weight is 358 g/mol. The third-order valence-corrected chi connectivity index (χ3v) is 3.19. The van der Waals surface area contributed by atoms with Gasteiger partial charge in [0.05, 0.1) is 5.69 Å². The van der Waals surface area contributed by atoms with Crippen molar-refractivity contribution in [3.8, 4) is 0 Å². The first-order chi connectivity index (χ1) is 8.58. The van der Waals surface area contributed by atoms with Gasteiger partial charge in [-0.05, 0) is 40.8 Å². The smallest absolute Gasteiger partial charge is 0.136 e. The van der Waals surface area contributed by atoms with Gasteiger partial charge in [-0.3, -0.25) is 0 Å². The van der Waals surface area contributed by atoms with Crippen molar-refractivity contribution in [2.24, 2.45) is 0 Å². The first-order valence-corrected chi connectivity index (χ1v) is 6.52. The van der Waals surface area contributed by atoms with E-state index in [2.05, 4.69) is 37.9 Å². The summed E-state index contributed by atoms with van der Waals surface area (Å²) in [6.07, 6.45) is 0.709. The first kappa shape index (κ1) is 13.0. The number of aryl methyl sites for hydroxylation is 1. The molecule has 0 aliphatic carbocycles. The van der Waals surface area contributed by atoms with Crippen LogP contribution in [0.25, 0.3) is 0 Å². The van der Waals surface area contributed by atoms with Crippen LogP contribution in [-0.4, -0.2) is 9.97 Å². The molecule has 94 valence electrons. The maximum Gasteiger partial charge on any atom is 0.136 e. The van der Waals surface area contributed by atoms with Gasteiger partial charge in [-0.1, -0.05) is 6.92 Å². The SMILES string of the molecule is CCc1nc(N)cc(Nc2ccc(F)cc2I)n1. The summed E-state index contributed by atoms with van der Waals surface area (Å²) >= 11 is 2.06. The van der Waals surface area contributed by atoms with Crippen molar-refractivity contribution in [1.82, 2.24) is 9.97 Å². The minimum atomic E-state index is -0.263. The quantitative estimate of drug-likeness (QED) is 0.828. The van der Waals surface area contributed by atoms with Crippen LogP contribution in [0.4, 0.5) is 21.7 Å². The lowest BCUT2D eigenvalue weighted by atomic mass is 10.3. The van der Waals surface area contributed by atoms with Crippen LogP contribution >= 0.6 is 22.6 Å². The number of hydrogen-bond donors (Lipinski definition) is 2. The highest BCUT2D eigenvalue weighted by Gasteiger charge is 2.05. The number of nitrogens with one attached hydrogen (secondary N) is 1. The highest BCUT2D eigenvalue weighted by molar-refractivity contribution is 14.1. The number of nitrogen functional groups attached to an aromatic ring is 1. The summed E-state index contributed by atoms with van der Waals surface area (Å²) in [6.45, 7) is 1.96. The minimum absolute atomic E-state index is 0.263. The summed E-state index contributed by atoms with van der Waals surface area (Å²) in [6, 6.07) is 6.17. The molecule has 0 fully saturated rings. The maximum atomic E-state index is 13.0. The Morgan fingerprint density at radius 3 is 2.78 bits per heavy atom. The molecule has 4 nitrogen and oxygen atoms in total. The summed E-state index contributed by atoms with van der Waals surface area (Å²) in [4.78, 5) is 8.41. The van der Waals surface area contributed by atoms with Crippen LogP contribution in [0, 0.1) is 9.39 Å². The molecule has 2 aromatic rings. The standard InChI is InChI=1S/C12H12FIN4/c1-2-11-17-10(15)6-12(18-11)16-9-4-3-7(13)5-8(9)14/h3-6H,2H2,1H3,(H3,15,16,17,18). The van der Waals surface area contributed by atoms with Crippen molar-refractivity contribution in [3.05, 3.63) is 39.5 Å². The van der Waals surface area contributed by atoms with Gasteiger partial charge in [-0.15, -0.1) is 0 Å². The molecular weight excluding hydrogens is 346 g/mol. The molecule has 3 N–H and O–H groups in total. The van der Waals surface area contributed by atoms with Gasteiger partial charge in [0.25, 0.3) is 0 Å². The van der Waals surface area contributed by atoms with E-state index in [0.717, 1.165) is 9.26 Å². The average Bonchev–Trinajstić information content (AvgIpc) is 2.32. The predicted molar refractivity (Wildman–Crippen MR) is 78.2 cm³/mol. The van der Waals surface area contributed by atoms with Crippen LogP contribution in [-0.2, 0) is 6.42 Å². The van der Waals surface area contributed by atoms with Crippen LogP contribution < -0.4 is 11.1 Å². The third-order valence-electron chi connectivity index (χ3n) is 2.30. The van der Waals surface area contributed by atoms with E-state index >= 15 is 0 Å². The summed E-state index contributed by atoms with van der Waals surface area (Å²) in [5.41, 5.74) is 6.49. The zero-order valence-electron chi connectivity index (χ0n) is 9.74. The normalized spacial score (nSPS) is 10.4. The fourth-order valence-electron chi connectivity index (χ4n) is 1.47. The fourth-order valence-corrected chi connectivity index (χ4v) is 2.08. The van der Waals surface area contributed by atoms with Gasteiger partial charge in [0, 0.05) is 16.1 Å². The molecule has 0 saturated heterocycles. The Hall–Kier alpha value is -1.44. The van der Waals surface area contributed by atoms with Crippen molar-refractivity contribution < 1.29 is 4.39 Å². The number of rotatable bonds is 3. The highest BCUT2D eigenvalue weighted by atomic mass is 127. The Bertz CT molecular complexity index is 574. The minimum Gasteiger partial charge on any atom is -0.384 e. The van der Waals surface area contributed by atoms with Gasteiger partial charge in [0.2, 0.25) is 0 Å². The molecule has 0 aliphatic rings. The van der Waals surface area contributed by atoms with E-state index in [9.17, 15) is 4.39 Å². The summed E-state index contributed by atoms with van der Waals surface area (Å²) in [5.74, 6) is 1.45. The van der Waals surface area contributed by atoms with E-state index in [0.29, 0.717) is 23.9 Å². The zero-order chi connectivity index (χ0) is 13.1. The van der Waals surface area contributed by atoms with E-state index in [-0.39, 0.29) is 5.82 Å². The molecule has 0 atom stereocenters. The third kappa shape index (κ3) is 3.06. The lowest BCUT2D eigenvalue weighted by Crippen LogP contribution is -2.03. The van der Waals surface area contributed by atoms with Crippen molar-refractivity contribution in [3.63, 3.8) is 0 Å². The number of benzene rings is 1. The van der Waals surface area contributed by atoms with Gasteiger partial charge in [-0.25, -0.2) is 14.4 Å². The Morgan fingerprint density at radius 1 is 1.33 bits per heavy atom. The lowest BCUT2D eigenvalue weighted by molar-refractivity contribution is 0.627. The lowest BCUT2D eigenvalue weighted by Gasteiger charge is -2.09. The second-order valence-corrected chi connectivity index (χ2v) is 4.86. The number of nitrogens with two attached hydrogens (primary N) is 1. The number of halogens is 2. The van der Waals surface area contributed by atoms with Gasteiger partial charge in [0.15, 0.2) is 0 Å². The molecule has 0 radical (unpaired) electrons. The highest BCUT2D eigenvalue weighted by Crippen LogP contribution is 2.23. The van der Waals surface area contributed by atoms with Crippen LogP contribution in [0.3, 0.4) is 0 Å². The fraction of sp³-hybridized carbons (Fsp3) is 0.167. The zero-order valence-corrected chi connectivity index (χ0v) is 11.9. The molecule has 18 heavy (non-hydrogen) atoms. The Labute approximate surface area is 118 Å². The second-order valence-electron chi connectivity index (χ2n) is 3.70. The number of anilines is 3. The van der Waals surface area contributed by atoms with Crippen molar-refractivity contribution in [2.45, 2.75) is 13.3 Å². The Morgan fingerprint density at radius 2 is 2.11 bits per heavy atom. The first-order valence-electron chi connectivity index (χ1n) is 5.44. The van der Waals surface area contributed by atoms with Gasteiger partial charge < -0.3 is 11.1 Å². The number of aromatic nitrogens is 2. The number of hydrogen-bond acceptors (Lipinski definition) is 4. The monoisotopic (exact) mass is 358 g/mol. The van der Waals surface area contributed by atoms with Crippen LogP contribution in [0.1, 0.15) is 12.7 Å². The molecule has 0 spiro atoms. The van der Waals surface area contributed by atoms with Crippen LogP contribution in [0.5, 0.6) is 0 Å². The molecule has 1 aromatic carbocycles. The predicted octanol–water partition coefficient (Wildman–Crippen LogP) is 3.11. The second kappa shape index (κ2) is 5.47. The molecular formula is C12H12FIN4. The summed E-state index contributed by atoms with van der Waals surface area (Å²) in [5, 5.41) is 3.11. The topological polar surface area (TPSA) is 63.8 Å². The summed E-state index contributed by atoms with van der Waals surface area (Å²) in [7, 11) is 0. The molecule has 0 bridgehead atoms. The molecule has 0 saturated carbocycles. The van der Waals surface area contributed by atoms with Gasteiger partial charge in [0.1, 0.15) is 23.3 Å². The van der Waals surface area contributed by atoms with E-state index in [4.69, 9.17) is 5.73 Å². The molecule has 2 rings (SSSR count). The molecule has 1 aromatic heterocycles. The largest absolute Gasteiger partial charge is 0.384 e. The van der Waals surface area contributed by atoms with Crippen molar-refractivity contribution in [1.29, 1.82) is 0 Å².